The largest absolute Gasteiger partial charge is 0.480 e. The molecule has 0 spiro atoms. The third-order valence-electron chi connectivity index (χ3n) is 1.79. The van der Waals surface area contributed by atoms with E-state index < -0.39 is 24.6 Å². The number of aliphatic hydroxyl groups is 1. The number of carbonyl (C=O) groups is 2. The highest BCUT2D eigenvalue weighted by Crippen LogP contribution is 1.88. The number of carboxylic acids is 1. The SMILES string of the molecule is CCOC(C)CNC(=O)N[C@@H](CO)C(=O)O. The number of amides is 2. The number of aliphatic hydroxyl groups excluding tert-OH is 1. The van der Waals surface area contributed by atoms with Crippen LogP contribution in [0.1, 0.15) is 13.8 Å². The number of carboxylic acid groups (broad SMARTS) is 1. The first kappa shape index (κ1) is 14.7. The molecule has 0 aromatic carbocycles. The molecule has 0 heterocycles. The van der Waals surface area contributed by atoms with E-state index in [1.165, 1.54) is 0 Å². The fraction of sp³-hybridized carbons (Fsp3) is 0.778. The molecule has 0 bridgehead atoms. The van der Waals surface area contributed by atoms with Crippen molar-refractivity contribution in [2.45, 2.75) is 26.0 Å². The van der Waals surface area contributed by atoms with Crippen LogP contribution in [-0.2, 0) is 9.53 Å². The molecule has 0 aromatic rings. The van der Waals surface area contributed by atoms with Gasteiger partial charge < -0.3 is 25.6 Å². The van der Waals surface area contributed by atoms with Crippen LogP contribution in [-0.4, -0.2) is 54.1 Å². The molecule has 2 atom stereocenters. The summed E-state index contributed by atoms with van der Waals surface area (Å²) < 4.78 is 5.16. The molecule has 0 fully saturated rings. The van der Waals surface area contributed by atoms with Crippen molar-refractivity contribution in [2.24, 2.45) is 0 Å². The van der Waals surface area contributed by atoms with Crippen molar-refractivity contribution < 1.29 is 24.5 Å². The topological polar surface area (TPSA) is 108 Å². The van der Waals surface area contributed by atoms with Crippen LogP contribution in [0.4, 0.5) is 4.79 Å². The van der Waals surface area contributed by atoms with Crippen LogP contribution >= 0.6 is 0 Å². The Bertz CT molecular complexity index is 234. The second kappa shape index (κ2) is 7.89. The maximum atomic E-state index is 11.2. The monoisotopic (exact) mass is 234 g/mol. The molecule has 7 heteroatoms. The summed E-state index contributed by atoms with van der Waals surface area (Å²) in [7, 11) is 0. The lowest BCUT2D eigenvalue weighted by Crippen LogP contribution is -2.49. The maximum absolute atomic E-state index is 11.2. The number of nitrogens with one attached hydrogen (secondary N) is 2. The lowest BCUT2D eigenvalue weighted by atomic mass is 10.3. The Hall–Kier alpha value is -1.34. The van der Waals surface area contributed by atoms with Gasteiger partial charge in [0.25, 0.3) is 0 Å². The summed E-state index contributed by atoms with van der Waals surface area (Å²) in [6.07, 6.45) is -0.145. The van der Waals surface area contributed by atoms with E-state index in [4.69, 9.17) is 14.9 Å². The Labute approximate surface area is 93.8 Å². The van der Waals surface area contributed by atoms with Gasteiger partial charge in [-0.15, -0.1) is 0 Å². The van der Waals surface area contributed by atoms with Gasteiger partial charge in [-0.05, 0) is 13.8 Å². The van der Waals surface area contributed by atoms with Gasteiger partial charge in [-0.3, -0.25) is 0 Å². The Morgan fingerprint density at radius 2 is 2.06 bits per heavy atom. The number of urea groups is 1. The predicted octanol–water partition coefficient (Wildman–Crippen LogP) is -0.844. The molecule has 16 heavy (non-hydrogen) atoms. The van der Waals surface area contributed by atoms with Gasteiger partial charge in [0, 0.05) is 13.2 Å². The predicted molar refractivity (Wildman–Crippen MR) is 56.1 cm³/mol. The third-order valence-corrected chi connectivity index (χ3v) is 1.79. The number of aliphatic carboxylic acids is 1. The number of rotatable bonds is 7. The molecular weight excluding hydrogens is 216 g/mol. The normalized spacial score (nSPS) is 13.9. The lowest BCUT2D eigenvalue weighted by molar-refractivity contribution is -0.140. The van der Waals surface area contributed by atoms with Crippen molar-refractivity contribution in [1.82, 2.24) is 10.6 Å². The van der Waals surface area contributed by atoms with Gasteiger partial charge in [0.05, 0.1) is 12.7 Å². The molecule has 0 aliphatic carbocycles. The van der Waals surface area contributed by atoms with Crippen LogP contribution in [0.5, 0.6) is 0 Å². The molecule has 7 nitrogen and oxygen atoms in total. The van der Waals surface area contributed by atoms with Crippen molar-refractivity contribution in [2.75, 3.05) is 19.8 Å². The van der Waals surface area contributed by atoms with Crippen molar-refractivity contribution in [3.8, 4) is 0 Å². The fourth-order valence-electron chi connectivity index (χ4n) is 0.975. The van der Waals surface area contributed by atoms with Gasteiger partial charge in [0.1, 0.15) is 0 Å². The van der Waals surface area contributed by atoms with Crippen LogP contribution in [0, 0.1) is 0 Å². The van der Waals surface area contributed by atoms with Gasteiger partial charge in [0.2, 0.25) is 0 Å². The zero-order valence-corrected chi connectivity index (χ0v) is 9.40. The molecular formula is C9H18N2O5. The Morgan fingerprint density at radius 1 is 1.44 bits per heavy atom. The van der Waals surface area contributed by atoms with Crippen molar-refractivity contribution in [3.63, 3.8) is 0 Å². The summed E-state index contributed by atoms with van der Waals surface area (Å²) in [4.78, 5) is 21.7. The Kier molecular flexibility index (Phi) is 7.23. The molecule has 0 saturated heterocycles. The lowest BCUT2D eigenvalue weighted by Gasteiger charge is -2.15. The number of hydrogen-bond donors (Lipinski definition) is 4. The van der Waals surface area contributed by atoms with Gasteiger partial charge in [-0.2, -0.15) is 0 Å². The van der Waals surface area contributed by atoms with E-state index in [1.54, 1.807) is 6.92 Å². The summed E-state index contributed by atoms with van der Waals surface area (Å²) in [6.45, 7) is 3.79. The molecule has 0 aliphatic heterocycles. The first-order valence-corrected chi connectivity index (χ1v) is 5.00. The minimum absolute atomic E-state index is 0.145. The smallest absolute Gasteiger partial charge is 0.328 e. The van der Waals surface area contributed by atoms with Crippen LogP contribution in [0.2, 0.25) is 0 Å². The van der Waals surface area contributed by atoms with Crippen LogP contribution in [0.25, 0.3) is 0 Å². The maximum Gasteiger partial charge on any atom is 0.328 e. The van der Waals surface area contributed by atoms with Crippen molar-refractivity contribution in [3.05, 3.63) is 0 Å². The summed E-state index contributed by atoms with van der Waals surface area (Å²) in [5.41, 5.74) is 0. The second-order valence-electron chi connectivity index (χ2n) is 3.19. The minimum atomic E-state index is -1.29. The number of ether oxygens (including phenoxy) is 1. The molecule has 2 amide bonds. The molecule has 0 rings (SSSR count). The average molecular weight is 234 g/mol. The van der Waals surface area contributed by atoms with Gasteiger partial charge in [-0.25, -0.2) is 9.59 Å². The standard InChI is InChI=1S/C9H18N2O5/c1-3-16-6(2)4-10-9(15)11-7(5-12)8(13)14/h6-7,12H,3-5H2,1-2H3,(H,13,14)(H2,10,11,15)/t6?,7-/m0/s1. The van der Waals surface area contributed by atoms with Crippen LogP contribution in [0.15, 0.2) is 0 Å². The second-order valence-corrected chi connectivity index (χ2v) is 3.19. The average Bonchev–Trinajstić information content (AvgIpc) is 2.23. The zero-order valence-electron chi connectivity index (χ0n) is 9.40. The number of hydrogen-bond acceptors (Lipinski definition) is 4. The molecule has 0 radical (unpaired) electrons. The third kappa shape index (κ3) is 6.20. The van der Waals surface area contributed by atoms with Gasteiger partial charge in [0.15, 0.2) is 6.04 Å². The van der Waals surface area contributed by atoms with Crippen molar-refractivity contribution in [1.29, 1.82) is 0 Å². The molecule has 0 saturated carbocycles. The van der Waals surface area contributed by atoms with E-state index in [0.29, 0.717) is 6.61 Å². The highest BCUT2D eigenvalue weighted by molar-refractivity contribution is 5.82. The van der Waals surface area contributed by atoms with Crippen molar-refractivity contribution >= 4 is 12.0 Å². The zero-order chi connectivity index (χ0) is 12.6. The fourth-order valence-corrected chi connectivity index (χ4v) is 0.975. The quantitative estimate of drug-likeness (QED) is 0.459. The van der Waals surface area contributed by atoms with E-state index in [0.717, 1.165) is 0 Å². The van der Waals surface area contributed by atoms with Gasteiger partial charge >= 0.3 is 12.0 Å². The van der Waals surface area contributed by atoms with Crippen LogP contribution in [0.3, 0.4) is 0 Å². The summed E-state index contributed by atoms with van der Waals surface area (Å²) >= 11 is 0. The molecule has 0 aromatic heterocycles. The summed E-state index contributed by atoms with van der Waals surface area (Å²) in [5, 5.41) is 21.8. The first-order valence-electron chi connectivity index (χ1n) is 5.00. The minimum Gasteiger partial charge on any atom is -0.480 e. The Morgan fingerprint density at radius 3 is 2.50 bits per heavy atom. The van der Waals surface area contributed by atoms with E-state index in [-0.39, 0.29) is 12.6 Å². The first-order chi connectivity index (χ1) is 7.51. The summed E-state index contributed by atoms with van der Waals surface area (Å²) in [6, 6.07) is -1.93. The van der Waals surface area contributed by atoms with E-state index in [9.17, 15) is 9.59 Å². The molecule has 94 valence electrons. The highest BCUT2D eigenvalue weighted by atomic mass is 16.5. The molecule has 1 unspecified atom stereocenters. The van der Waals surface area contributed by atoms with E-state index in [1.807, 2.05) is 6.92 Å². The van der Waals surface area contributed by atoms with E-state index in [2.05, 4.69) is 10.6 Å². The molecule has 4 N–H and O–H groups in total. The highest BCUT2D eigenvalue weighted by Gasteiger charge is 2.18. The van der Waals surface area contributed by atoms with Crippen LogP contribution < -0.4 is 10.6 Å². The number of carbonyl (C=O) groups excluding carboxylic acids is 1. The Balaban J connectivity index is 3.85. The van der Waals surface area contributed by atoms with E-state index >= 15 is 0 Å². The molecule has 0 aliphatic rings. The van der Waals surface area contributed by atoms with Gasteiger partial charge in [-0.1, -0.05) is 0 Å². The summed E-state index contributed by atoms with van der Waals surface area (Å²) in [5.74, 6) is -1.28.